The van der Waals surface area contributed by atoms with Crippen LogP contribution in [0, 0.1) is 10.1 Å². The molecular formula is C13H18N2O6. The van der Waals surface area contributed by atoms with Gasteiger partial charge in [-0.25, -0.2) is 0 Å². The van der Waals surface area contributed by atoms with Crippen molar-refractivity contribution in [2.45, 2.75) is 19.4 Å². The lowest BCUT2D eigenvalue weighted by molar-refractivity contribution is -0.385. The van der Waals surface area contributed by atoms with Gasteiger partial charge in [0, 0.05) is 31.5 Å². The summed E-state index contributed by atoms with van der Waals surface area (Å²) in [5, 5.41) is 22.6. The van der Waals surface area contributed by atoms with Crippen LogP contribution in [-0.2, 0) is 9.53 Å². The number of benzene rings is 1. The van der Waals surface area contributed by atoms with Crippen LogP contribution in [0.2, 0.25) is 0 Å². The minimum atomic E-state index is -0.956. The van der Waals surface area contributed by atoms with Gasteiger partial charge >= 0.3 is 11.7 Å². The van der Waals surface area contributed by atoms with Crippen LogP contribution >= 0.6 is 0 Å². The SMILES string of the molecule is CCOc1cc(NCC(CC(=O)O)OC)ccc1[N+](=O)[O-]. The van der Waals surface area contributed by atoms with Gasteiger partial charge in [-0.15, -0.1) is 0 Å². The number of nitro benzene ring substituents is 1. The normalized spacial score (nSPS) is 11.7. The number of carbonyl (C=O) groups is 1. The third-order valence-corrected chi connectivity index (χ3v) is 2.73. The van der Waals surface area contributed by atoms with Crippen molar-refractivity contribution >= 4 is 17.3 Å². The van der Waals surface area contributed by atoms with E-state index in [9.17, 15) is 14.9 Å². The highest BCUT2D eigenvalue weighted by Gasteiger charge is 2.16. The van der Waals surface area contributed by atoms with Crippen molar-refractivity contribution in [1.82, 2.24) is 0 Å². The molecule has 21 heavy (non-hydrogen) atoms. The van der Waals surface area contributed by atoms with Gasteiger partial charge < -0.3 is 19.9 Å². The monoisotopic (exact) mass is 298 g/mol. The number of hydrogen-bond donors (Lipinski definition) is 2. The zero-order valence-corrected chi connectivity index (χ0v) is 11.9. The maximum Gasteiger partial charge on any atom is 0.311 e. The Kier molecular flexibility index (Phi) is 6.41. The van der Waals surface area contributed by atoms with E-state index in [2.05, 4.69) is 5.32 Å². The first-order valence-electron chi connectivity index (χ1n) is 6.37. The number of carboxylic acids is 1. The summed E-state index contributed by atoms with van der Waals surface area (Å²) in [5.41, 5.74) is 0.479. The molecule has 2 N–H and O–H groups in total. The molecule has 0 aliphatic rings. The molecule has 0 saturated carbocycles. The first kappa shape index (κ1) is 16.7. The van der Waals surface area contributed by atoms with E-state index in [1.54, 1.807) is 6.92 Å². The molecule has 1 atom stereocenters. The topological polar surface area (TPSA) is 111 Å². The largest absolute Gasteiger partial charge is 0.487 e. The van der Waals surface area contributed by atoms with Gasteiger partial charge in [0.05, 0.1) is 24.1 Å². The van der Waals surface area contributed by atoms with Crippen LogP contribution in [0.25, 0.3) is 0 Å². The molecule has 0 aliphatic carbocycles. The van der Waals surface area contributed by atoms with Gasteiger partial charge in [0.25, 0.3) is 0 Å². The lowest BCUT2D eigenvalue weighted by Gasteiger charge is -2.15. The van der Waals surface area contributed by atoms with E-state index in [1.165, 1.54) is 25.3 Å². The summed E-state index contributed by atoms with van der Waals surface area (Å²) < 4.78 is 10.3. The molecular weight excluding hydrogens is 280 g/mol. The Balaban J connectivity index is 2.77. The van der Waals surface area contributed by atoms with Crippen molar-refractivity contribution in [1.29, 1.82) is 0 Å². The first-order valence-corrected chi connectivity index (χ1v) is 6.37. The predicted octanol–water partition coefficient (Wildman–Crippen LogP) is 1.90. The van der Waals surface area contributed by atoms with E-state index in [0.717, 1.165) is 0 Å². The van der Waals surface area contributed by atoms with Crippen molar-refractivity contribution < 1.29 is 24.3 Å². The van der Waals surface area contributed by atoms with Crippen molar-refractivity contribution in [2.75, 3.05) is 25.6 Å². The maximum absolute atomic E-state index is 10.9. The number of rotatable bonds is 9. The van der Waals surface area contributed by atoms with Gasteiger partial charge in [-0.2, -0.15) is 0 Å². The van der Waals surface area contributed by atoms with Crippen molar-refractivity contribution in [2.24, 2.45) is 0 Å². The molecule has 0 bridgehead atoms. The van der Waals surface area contributed by atoms with Crippen LogP contribution < -0.4 is 10.1 Å². The smallest absolute Gasteiger partial charge is 0.311 e. The van der Waals surface area contributed by atoms with Crippen LogP contribution in [0.3, 0.4) is 0 Å². The number of carboxylic acid groups (broad SMARTS) is 1. The third-order valence-electron chi connectivity index (χ3n) is 2.73. The molecule has 1 rings (SSSR count). The van der Waals surface area contributed by atoms with Gasteiger partial charge in [-0.3, -0.25) is 14.9 Å². The van der Waals surface area contributed by atoms with Crippen molar-refractivity contribution in [3.63, 3.8) is 0 Å². The Morgan fingerprint density at radius 3 is 2.76 bits per heavy atom. The lowest BCUT2D eigenvalue weighted by atomic mass is 10.2. The summed E-state index contributed by atoms with van der Waals surface area (Å²) in [6.07, 6.45) is -0.623. The number of methoxy groups -OCH3 is 1. The van der Waals surface area contributed by atoms with E-state index in [4.69, 9.17) is 14.6 Å². The zero-order valence-electron chi connectivity index (χ0n) is 11.9. The van der Waals surface area contributed by atoms with Crippen LogP contribution in [0.5, 0.6) is 5.75 Å². The minimum absolute atomic E-state index is 0.115. The number of nitrogens with one attached hydrogen (secondary N) is 1. The van der Waals surface area contributed by atoms with Gasteiger partial charge in [-0.1, -0.05) is 0 Å². The lowest BCUT2D eigenvalue weighted by Crippen LogP contribution is -2.25. The molecule has 0 radical (unpaired) electrons. The second-order valence-corrected chi connectivity index (χ2v) is 4.21. The molecule has 8 heteroatoms. The minimum Gasteiger partial charge on any atom is -0.487 e. The summed E-state index contributed by atoms with van der Waals surface area (Å²) in [6, 6.07) is 4.38. The first-order chi connectivity index (χ1) is 9.97. The highest BCUT2D eigenvalue weighted by atomic mass is 16.6. The molecule has 0 aliphatic heterocycles. The van der Waals surface area contributed by atoms with Crippen LogP contribution in [0.1, 0.15) is 13.3 Å². The molecule has 0 aromatic heterocycles. The number of ether oxygens (including phenoxy) is 2. The summed E-state index contributed by atoms with van der Waals surface area (Å²) >= 11 is 0. The zero-order chi connectivity index (χ0) is 15.8. The molecule has 0 fully saturated rings. The summed E-state index contributed by atoms with van der Waals surface area (Å²) in [6.45, 7) is 2.31. The van der Waals surface area contributed by atoms with Crippen LogP contribution in [-0.4, -0.2) is 42.4 Å². The van der Waals surface area contributed by atoms with Crippen molar-refractivity contribution in [3.05, 3.63) is 28.3 Å². The van der Waals surface area contributed by atoms with Gasteiger partial charge in [-0.05, 0) is 13.0 Å². The second kappa shape index (κ2) is 8.05. The number of aliphatic carboxylic acids is 1. The number of anilines is 1. The predicted molar refractivity (Wildman–Crippen MR) is 75.8 cm³/mol. The average molecular weight is 298 g/mol. The van der Waals surface area contributed by atoms with Gasteiger partial charge in [0.15, 0.2) is 5.75 Å². The fourth-order valence-electron chi connectivity index (χ4n) is 1.71. The molecule has 0 heterocycles. The quantitative estimate of drug-likeness (QED) is 0.529. The van der Waals surface area contributed by atoms with E-state index in [-0.39, 0.29) is 24.4 Å². The summed E-state index contributed by atoms with van der Waals surface area (Å²) in [5.74, 6) is -0.790. The Labute approximate surface area is 121 Å². The number of hydrogen-bond acceptors (Lipinski definition) is 6. The Morgan fingerprint density at radius 2 is 2.24 bits per heavy atom. The molecule has 8 nitrogen and oxygen atoms in total. The van der Waals surface area contributed by atoms with Crippen molar-refractivity contribution in [3.8, 4) is 5.75 Å². The Morgan fingerprint density at radius 1 is 1.52 bits per heavy atom. The Hall–Kier alpha value is -2.35. The fourth-order valence-corrected chi connectivity index (χ4v) is 1.71. The van der Waals surface area contributed by atoms with E-state index < -0.39 is 17.0 Å². The molecule has 1 unspecified atom stereocenters. The maximum atomic E-state index is 10.9. The highest BCUT2D eigenvalue weighted by Crippen LogP contribution is 2.30. The van der Waals surface area contributed by atoms with Gasteiger partial charge in [0.1, 0.15) is 0 Å². The van der Waals surface area contributed by atoms with E-state index in [0.29, 0.717) is 12.3 Å². The average Bonchev–Trinajstić information content (AvgIpc) is 2.43. The van der Waals surface area contributed by atoms with Gasteiger partial charge in [0.2, 0.25) is 0 Å². The molecule has 1 aromatic carbocycles. The summed E-state index contributed by atoms with van der Waals surface area (Å²) in [4.78, 5) is 21.0. The standard InChI is InChI=1S/C13H18N2O6/c1-3-21-12-6-9(4-5-11(12)15(18)19)14-8-10(20-2)7-13(16)17/h4-6,10,14H,3,7-8H2,1-2H3,(H,16,17). The number of nitro groups is 1. The number of nitrogens with zero attached hydrogens (tertiary/aromatic N) is 1. The Bertz CT molecular complexity index is 505. The van der Waals surface area contributed by atoms with E-state index in [1.807, 2.05) is 0 Å². The molecule has 0 saturated heterocycles. The fraction of sp³-hybridized carbons (Fsp3) is 0.462. The molecule has 1 aromatic rings. The molecule has 0 amide bonds. The molecule has 116 valence electrons. The van der Waals surface area contributed by atoms with Crippen LogP contribution in [0.15, 0.2) is 18.2 Å². The highest BCUT2D eigenvalue weighted by molar-refractivity contribution is 5.67. The van der Waals surface area contributed by atoms with E-state index >= 15 is 0 Å². The molecule has 0 spiro atoms. The second-order valence-electron chi connectivity index (χ2n) is 4.21. The van der Waals surface area contributed by atoms with Crippen LogP contribution in [0.4, 0.5) is 11.4 Å². The third kappa shape index (κ3) is 5.27. The summed E-state index contributed by atoms with van der Waals surface area (Å²) in [7, 11) is 1.43.